The number of hydrogen-bond acceptors (Lipinski definition) is 5. The third-order valence-corrected chi connectivity index (χ3v) is 7.76. The monoisotopic (exact) mass is 447 g/mol. The van der Waals surface area contributed by atoms with Crippen molar-refractivity contribution >= 4 is 27.6 Å². The topological polar surface area (TPSA) is 109 Å². The molecule has 0 spiro atoms. The molecule has 1 fully saturated rings. The van der Waals surface area contributed by atoms with Gasteiger partial charge >= 0.3 is 5.97 Å². The Balaban J connectivity index is 1.80. The summed E-state index contributed by atoms with van der Waals surface area (Å²) < 4.78 is 32.9. The van der Waals surface area contributed by atoms with Gasteiger partial charge in [-0.2, -0.15) is 4.31 Å². The van der Waals surface area contributed by atoms with Crippen LogP contribution in [-0.4, -0.2) is 49.3 Å². The maximum atomic E-state index is 13.2. The molecule has 9 heteroatoms. The number of aryl methyl sites for hydroxylation is 1. The zero-order valence-corrected chi connectivity index (χ0v) is 19.1. The number of hydrogen-bond donors (Lipinski definition) is 2. The molecule has 1 amide bonds. The summed E-state index contributed by atoms with van der Waals surface area (Å²) in [6.07, 6.45) is 1.66. The second-order valence-corrected chi connectivity index (χ2v) is 9.79. The fraction of sp³-hybridized carbons (Fsp3) is 0.455. The predicted octanol–water partition coefficient (Wildman–Crippen LogP) is 3.48. The van der Waals surface area contributed by atoms with Crippen LogP contribution in [0.4, 0.5) is 5.69 Å². The fourth-order valence-corrected chi connectivity index (χ4v) is 5.68. The summed E-state index contributed by atoms with van der Waals surface area (Å²) in [7, 11) is -3.68. The van der Waals surface area contributed by atoms with Crippen LogP contribution in [0.2, 0.25) is 0 Å². The van der Waals surface area contributed by atoms with Crippen molar-refractivity contribution in [2.45, 2.75) is 45.4 Å². The number of aromatic amines is 1. The molecule has 1 aliphatic heterocycles. The molecule has 0 saturated carbocycles. The molecule has 31 heavy (non-hydrogen) atoms. The number of nitrogens with one attached hydrogen (secondary N) is 2. The van der Waals surface area contributed by atoms with Crippen molar-refractivity contribution in [3.05, 3.63) is 46.8 Å². The molecule has 1 aromatic heterocycles. The number of benzene rings is 1. The highest BCUT2D eigenvalue weighted by molar-refractivity contribution is 7.89. The molecule has 1 aliphatic rings. The Morgan fingerprint density at radius 1 is 1.16 bits per heavy atom. The number of sulfonamides is 1. The standard InChI is InChI=1S/C22H29N3O5S/c1-5-30-22(27)17-6-8-18(9-7-17)24-21(26)19-15(3)20(16(4)23-19)31(28,29)25-12-10-14(2)11-13-25/h6-9,14,23H,5,10-13H2,1-4H3,(H,24,26). The van der Waals surface area contributed by atoms with Crippen LogP contribution in [0.15, 0.2) is 29.2 Å². The molecular formula is C22H29N3O5S. The van der Waals surface area contributed by atoms with Crippen molar-refractivity contribution < 1.29 is 22.7 Å². The van der Waals surface area contributed by atoms with E-state index in [0.29, 0.717) is 41.5 Å². The average molecular weight is 448 g/mol. The number of aromatic nitrogens is 1. The Morgan fingerprint density at radius 3 is 2.35 bits per heavy atom. The minimum atomic E-state index is -3.68. The van der Waals surface area contributed by atoms with Crippen molar-refractivity contribution in [1.29, 1.82) is 0 Å². The van der Waals surface area contributed by atoms with Crippen LogP contribution >= 0.6 is 0 Å². The van der Waals surface area contributed by atoms with Crippen molar-refractivity contribution in [1.82, 2.24) is 9.29 Å². The minimum Gasteiger partial charge on any atom is -0.462 e. The van der Waals surface area contributed by atoms with E-state index in [9.17, 15) is 18.0 Å². The summed E-state index contributed by atoms with van der Waals surface area (Å²) in [6.45, 7) is 8.42. The normalized spacial score (nSPS) is 15.6. The first-order valence-corrected chi connectivity index (χ1v) is 11.9. The molecule has 1 aromatic carbocycles. The van der Waals surface area contributed by atoms with Crippen LogP contribution in [0, 0.1) is 19.8 Å². The third-order valence-electron chi connectivity index (χ3n) is 5.59. The van der Waals surface area contributed by atoms with Crippen molar-refractivity contribution in [2.24, 2.45) is 5.92 Å². The van der Waals surface area contributed by atoms with Crippen molar-refractivity contribution in [3.8, 4) is 0 Å². The van der Waals surface area contributed by atoms with E-state index in [1.54, 1.807) is 45.0 Å². The second-order valence-electron chi connectivity index (χ2n) is 7.92. The highest BCUT2D eigenvalue weighted by Gasteiger charge is 2.33. The zero-order valence-electron chi connectivity index (χ0n) is 18.3. The Bertz CT molecular complexity index is 1070. The summed E-state index contributed by atoms with van der Waals surface area (Å²) in [4.78, 5) is 27.7. The zero-order chi connectivity index (χ0) is 22.8. The fourth-order valence-electron chi connectivity index (χ4n) is 3.80. The highest BCUT2D eigenvalue weighted by Crippen LogP contribution is 2.29. The average Bonchev–Trinajstić information content (AvgIpc) is 3.04. The Hall–Kier alpha value is -2.65. The molecule has 2 N–H and O–H groups in total. The van der Waals surface area contributed by atoms with Gasteiger partial charge in [-0.3, -0.25) is 4.79 Å². The Kier molecular flexibility index (Phi) is 6.86. The maximum Gasteiger partial charge on any atom is 0.338 e. The molecule has 168 valence electrons. The Morgan fingerprint density at radius 2 is 1.77 bits per heavy atom. The quantitative estimate of drug-likeness (QED) is 0.659. The number of anilines is 1. The van der Waals surface area contributed by atoms with E-state index < -0.39 is 21.9 Å². The van der Waals surface area contributed by atoms with Gasteiger partial charge in [0.1, 0.15) is 10.6 Å². The van der Waals surface area contributed by atoms with E-state index in [1.807, 2.05) is 0 Å². The molecule has 8 nitrogen and oxygen atoms in total. The first-order valence-electron chi connectivity index (χ1n) is 10.4. The summed E-state index contributed by atoms with van der Waals surface area (Å²) in [5, 5.41) is 2.74. The summed E-state index contributed by atoms with van der Waals surface area (Å²) >= 11 is 0. The molecule has 0 atom stereocenters. The van der Waals surface area contributed by atoms with Crippen LogP contribution in [0.1, 0.15) is 58.8 Å². The summed E-state index contributed by atoms with van der Waals surface area (Å²) in [6, 6.07) is 6.32. The molecule has 0 aliphatic carbocycles. The molecule has 0 bridgehead atoms. The molecule has 2 aromatic rings. The van der Waals surface area contributed by atoms with Gasteiger partial charge in [-0.1, -0.05) is 6.92 Å². The minimum absolute atomic E-state index is 0.171. The number of ether oxygens (including phenoxy) is 1. The number of nitrogens with zero attached hydrogens (tertiary/aromatic N) is 1. The first kappa shape index (κ1) is 23.0. The SMILES string of the molecule is CCOC(=O)c1ccc(NC(=O)c2[nH]c(C)c(S(=O)(=O)N3CCC(C)CC3)c2C)cc1. The molecule has 1 saturated heterocycles. The Labute approximate surface area is 183 Å². The predicted molar refractivity (Wildman–Crippen MR) is 118 cm³/mol. The summed E-state index contributed by atoms with van der Waals surface area (Å²) in [5.41, 5.74) is 1.92. The smallest absolute Gasteiger partial charge is 0.338 e. The van der Waals surface area contributed by atoms with Gasteiger partial charge in [0.25, 0.3) is 5.91 Å². The number of piperidine rings is 1. The largest absolute Gasteiger partial charge is 0.462 e. The van der Waals surface area contributed by atoms with E-state index in [2.05, 4.69) is 17.2 Å². The lowest BCUT2D eigenvalue weighted by Gasteiger charge is -2.29. The highest BCUT2D eigenvalue weighted by atomic mass is 32.2. The number of rotatable bonds is 6. The number of H-pyrrole nitrogens is 1. The lowest BCUT2D eigenvalue weighted by atomic mass is 10.0. The van der Waals surface area contributed by atoms with E-state index in [1.165, 1.54) is 4.31 Å². The van der Waals surface area contributed by atoms with Crippen molar-refractivity contribution in [2.75, 3.05) is 25.0 Å². The number of esters is 1. The second kappa shape index (κ2) is 9.23. The van der Waals surface area contributed by atoms with E-state index in [0.717, 1.165) is 12.8 Å². The van der Waals surface area contributed by atoms with Gasteiger partial charge in [0, 0.05) is 24.5 Å². The van der Waals surface area contributed by atoms with Crippen LogP contribution in [0.25, 0.3) is 0 Å². The summed E-state index contributed by atoms with van der Waals surface area (Å²) in [5.74, 6) is -0.368. The first-order chi connectivity index (χ1) is 14.6. The van der Waals surface area contributed by atoms with Gasteiger partial charge in [-0.05, 0) is 69.4 Å². The lowest BCUT2D eigenvalue weighted by molar-refractivity contribution is 0.0526. The number of amides is 1. The van der Waals surface area contributed by atoms with E-state index in [-0.39, 0.29) is 17.2 Å². The lowest BCUT2D eigenvalue weighted by Crippen LogP contribution is -2.38. The van der Waals surface area contributed by atoms with E-state index in [4.69, 9.17) is 4.74 Å². The van der Waals surface area contributed by atoms with Gasteiger partial charge < -0.3 is 15.0 Å². The number of carbonyl (C=O) groups is 2. The van der Waals surface area contributed by atoms with Crippen LogP contribution < -0.4 is 5.32 Å². The van der Waals surface area contributed by atoms with Crippen LogP contribution in [-0.2, 0) is 14.8 Å². The molecule has 0 unspecified atom stereocenters. The van der Waals surface area contributed by atoms with Gasteiger partial charge in [-0.25, -0.2) is 13.2 Å². The molecule has 2 heterocycles. The van der Waals surface area contributed by atoms with Crippen LogP contribution in [0.5, 0.6) is 0 Å². The van der Waals surface area contributed by atoms with Gasteiger partial charge in [0.15, 0.2) is 0 Å². The van der Waals surface area contributed by atoms with Gasteiger partial charge in [0.2, 0.25) is 10.0 Å². The molecule has 3 rings (SSSR count). The van der Waals surface area contributed by atoms with Gasteiger partial charge in [0.05, 0.1) is 12.2 Å². The van der Waals surface area contributed by atoms with Crippen LogP contribution in [0.3, 0.4) is 0 Å². The molecular weight excluding hydrogens is 418 g/mol. The third kappa shape index (κ3) is 4.83. The maximum absolute atomic E-state index is 13.2. The van der Waals surface area contributed by atoms with E-state index >= 15 is 0 Å². The van der Waals surface area contributed by atoms with Crippen molar-refractivity contribution in [3.63, 3.8) is 0 Å². The number of carbonyl (C=O) groups excluding carboxylic acids is 2. The van der Waals surface area contributed by atoms with Gasteiger partial charge in [-0.15, -0.1) is 0 Å². The molecule has 0 radical (unpaired) electrons.